The van der Waals surface area contributed by atoms with Crippen LogP contribution < -0.4 is 10.2 Å². The SMILES string of the molecule is COC(=O)Nc1cc2c3c(c1)C(C)(c1ccccc1)CCN3CCC2C. The van der Waals surface area contributed by atoms with Crippen molar-refractivity contribution >= 4 is 17.5 Å². The Bertz CT molecular complexity index is 834. The van der Waals surface area contributed by atoms with E-state index in [9.17, 15) is 4.79 Å². The van der Waals surface area contributed by atoms with Gasteiger partial charge in [-0.15, -0.1) is 0 Å². The summed E-state index contributed by atoms with van der Waals surface area (Å²) in [5, 5.41) is 2.89. The van der Waals surface area contributed by atoms with E-state index in [1.807, 2.05) is 0 Å². The van der Waals surface area contributed by atoms with Crippen molar-refractivity contribution in [3.05, 3.63) is 59.2 Å². The Kier molecular flexibility index (Phi) is 4.14. The fraction of sp³-hybridized carbons (Fsp3) is 0.409. The third-order valence-electron chi connectivity index (χ3n) is 6.14. The molecule has 2 aliphatic rings. The van der Waals surface area contributed by atoms with Crippen molar-refractivity contribution in [2.45, 2.75) is 38.0 Å². The predicted octanol–water partition coefficient (Wildman–Crippen LogP) is 4.89. The standard InChI is InChI=1S/C22H26N2O2/c1-15-9-11-24-12-10-22(2,16-7-5-4-6-8-16)19-14-17(23-21(25)26-3)13-18(15)20(19)24/h4-8,13-15H,9-12H2,1-3H3,(H,23,25). The highest BCUT2D eigenvalue weighted by atomic mass is 16.5. The summed E-state index contributed by atoms with van der Waals surface area (Å²) in [6.45, 7) is 6.79. The molecule has 0 saturated carbocycles. The summed E-state index contributed by atoms with van der Waals surface area (Å²) in [6, 6.07) is 15.0. The van der Waals surface area contributed by atoms with Crippen molar-refractivity contribution in [3.63, 3.8) is 0 Å². The number of carbonyl (C=O) groups is 1. The highest BCUT2D eigenvalue weighted by molar-refractivity contribution is 5.86. The van der Waals surface area contributed by atoms with Gasteiger partial charge in [0.25, 0.3) is 0 Å². The molecule has 2 aliphatic heterocycles. The van der Waals surface area contributed by atoms with Crippen molar-refractivity contribution in [2.24, 2.45) is 0 Å². The average molecular weight is 350 g/mol. The fourth-order valence-electron chi connectivity index (χ4n) is 4.49. The maximum absolute atomic E-state index is 11.8. The summed E-state index contributed by atoms with van der Waals surface area (Å²) < 4.78 is 4.81. The number of benzene rings is 2. The Morgan fingerprint density at radius 2 is 2.00 bits per heavy atom. The van der Waals surface area contributed by atoms with Gasteiger partial charge < -0.3 is 9.64 Å². The van der Waals surface area contributed by atoms with Gasteiger partial charge in [0.2, 0.25) is 0 Å². The lowest BCUT2D eigenvalue weighted by Gasteiger charge is -2.47. The van der Waals surface area contributed by atoms with E-state index in [0.717, 1.165) is 31.6 Å². The number of amides is 1. The molecular weight excluding hydrogens is 324 g/mol. The molecule has 0 radical (unpaired) electrons. The number of nitrogens with zero attached hydrogens (tertiary/aromatic N) is 1. The molecule has 26 heavy (non-hydrogen) atoms. The van der Waals surface area contributed by atoms with Gasteiger partial charge in [0.15, 0.2) is 0 Å². The van der Waals surface area contributed by atoms with Crippen LogP contribution in [-0.4, -0.2) is 26.3 Å². The van der Waals surface area contributed by atoms with E-state index >= 15 is 0 Å². The minimum absolute atomic E-state index is 0.0628. The van der Waals surface area contributed by atoms with Gasteiger partial charge in [-0.1, -0.05) is 44.2 Å². The highest BCUT2D eigenvalue weighted by Gasteiger charge is 2.40. The molecule has 4 heteroatoms. The molecule has 4 nitrogen and oxygen atoms in total. The van der Waals surface area contributed by atoms with Crippen LogP contribution in [0.25, 0.3) is 0 Å². The lowest BCUT2D eigenvalue weighted by Crippen LogP contribution is -2.43. The van der Waals surface area contributed by atoms with E-state index in [1.54, 1.807) is 0 Å². The largest absolute Gasteiger partial charge is 0.453 e. The third kappa shape index (κ3) is 2.64. The van der Waals surface area contributed by atoms with Gasteiger partial charge in [-0.25, -0.2) is 4.79 Å². The fourth-order valence-corrected chi connectivity index (χ4v) is 4.49. The summed E-state index contributed by atoms with van der Waals surface area (Å²) in [7, 11) is 1.40. The summed E-state index contributed by atoms with van der Waals surface area (Å²) in [4.78, 5) is 14.3. The van der Waals surface area contributed by atoms with Crippen LogP contribution >= 0.6 is 0 Å². The minimum Gasteiger partial charge on any atom is -0.453 e. The molecule has 1 N–H and O–H groups in total. The molecule has 2 aromatic rings. The van der Waals surface area contributed by atoms with Gasteiger partial charge >= 0.3 is 6.09 Å². The number of ether oxygens (including phenoxy) is 1. The Hall–Kier alpha value is -2.49. The van der Waals surface area contributed by atoms with Crippen LogP contribution in [0.2, 0.25) is 0 Å². The van der Waals surface area contributed by atoms with Crippen LogP contribution in [0.15, 0.2) is 42.5 Å². The van der Waals surface area contributed by atoms with Crippen LogP contribution in [0.4, 0.5) is 16.2 Å². The van der Waals surface area contributed by atoms with Crippen molar-refractivity contribution in [1.82, 2.24) is 0 Å². The van der Waals surface area contributed by atoms with Crippen LogP contribution in [0, 0.1) is 0 Å². The van der Waals surface area contributed by atoms with Gasteiger partial charge in [-0.2, -0.15) is 0 Å². The Balaban J connectivity index is 1.91. The first-order valence-electron chi connectivity index (χ1n) is 9.37. The zero-order chi connectivity index (χ0) is 18.3. The van der Waals surface area contributed by atoms with Gasteiger partial charge in [0.1, 0.15) is 0 Å². The molecule has 0 spiro atoms. The summed E-state index contributed by atoms with van der Waals surface area (Å²) in [5.41, 5.74) is 6.11. The topological polar surface area (TPSA) is 41.6 Å². The quantitative estimate of drug-likeness (QED) is 0.838. The summed E-state index contributed by atoms with van der Waals surface area (Å²) in [5.74, 6) is 0.484. The number of anilines is 2. The second kappa shape index (κ2) is 6.35. The normalized spacial score (nSPS) is 24.0. The van der Waals surface area contributed by atoms with Crippen LogP contribution in [-0.2, 0) is 10.2 Å². The van der Waals surface area contributed by atoms with Gasteiger partial charge in [0.05, 0.1) is 7.11 Å². The number of hydrogen-bond acceptors (Lipinski definition) is 3. The molecule has 2 atom stereocenters. The van der Waals surface area contributed by atoms with Crippen LogP contribution in [0.1, 0.15) is 49.3 Å². The maximum Gasteiger partial charge on any atom is 0.411 e. The molecule has 0 fully saturated rings. The number of nitrogens with one attached hydrogen (secondary N) is 1. The lowest BCUT2D eigenvalue weighted by molar-refractivity contribution is 0.187. The number of rotatable bonds is 2. The second-order valence-corrected chi connectivity index (χ2v) is 7.70. The summed E-state index contributed by atoms with van der Waals surface area (Å²) >= 11 is 0. The Morgan fingerprint density at radius 1 is 1.23 bits per heavy atom. The van der Waals surface area contributed by atoms with E-state index in [-0.39, 0.29) is 5.41 Å². The Labute approximate surface area is 155 Å². The minimum atomic E-state index is -0.422. The Morgan fingerprint density at radius 3 is 2.73 bits per heavy atom. The first kappa shape index (κ1) is 17.0. The smallest absolute Gasteiger partial charge is 0.411 e. The van der Waals surface area contributed by atoms with E-state index in [2.05, 4.69) is 66.5 Å². The van der Waals surface area contributed by atoms with Crippen LogP contribution in [0.5, 0.6) is 0 Å². The highest BCUT2D eigenvalue weighted by Crippen LogP contribution is 2.50. The second-order valence-electron chi connectivity index (χ2n) is 7.70. The van der Waals surface area contributed by atoms with E-state index < -0.39 is 6.09 Å². The lowest BCUT2D eigenvalue weighted by atomic mass is 9.68. The zero-order valence-corrected chi connectivity index (χ0v) is 15.7. The van der Waals surface area contributed by atoms with Crippen LogP contribution in [0.3, 0.4) is 0 Å². The maximum atomic E-state index is 11.8. The average Bonchev–Trinajstić information content (AvgIpc) is 2.67. The summed E-state index contributed by atoms with van der Waals surface area (Å²) in [6.07, 6.45) is 1.80. The molecule has 0 aliphatic carbocycles. The molecule has 1 amide bonds. The van der Waals surface area contributed by atoms with Gasteiger partial charge in [-0.3, -0.25) is 5.32 Å². The number of hydrogen-bond donors (Lipinski definition) is 1. The van der Waals surface area contributed by atoms with E-state index in [4.69, 9.17) is 4.74 Å². The van der Waals surface area contributed by atoms with Gasteiger partial charge in [-0.05, 0) is 47.6 Å². The molecule has 2 unspecified atom stereocenters. The first-order valence-corrected chi connectivity index (χ1v) is 9.37. The third-order valence-corrected chi connectivity index (χ3v) is 6.14. The van der Waals surface area contributed by atoms with Crippen molar-refractivity contribution in [2.75, 3.05) is 30.4 Å². The van der Waals surface area contributed by atoms with E-state index in [1.165, 1.54) is 29.5 Å². The van der Waals surface area contributed by atoms with Crippen molar-refractivity contribution < 1.29 is 9.53 Å². The molecule has 0 saturated heterocycles. The number of methoxy groups -OCH3 is 1. The molecular formula is C22H26N2O2. The molecule has 4 rings (SSSR count). The zero-order valence-electron chi connectivity index (χ0n) is 15.7. The molecule has 0 aromatic heterocycles. The first-order chi connectivity index (χ1) is 12.5. The van der Waals surface area contributed by atoms with E-state index in [0.29, 0.717) is 5.92 Å². The van der Waals surface area contributed by atoms with Crippen molar-refractivity contribution in [1.29, 1.82) is 0 Å². The monoisotopic (exact) mass is 350 g/mol. The molecule has 2 aromatic carbocycles. The number of carbonyl (C=O) groups excluding carboxylic acids is 1. The molecule has 2 heterocycles. The van der Waals surface area contributed by atoms with Crippen molar-refractivity contribution in [3.8, 4) is 0 Å². The molecule has 136 valence electrons. The molecule has 0 bridgehead atoms. The van der Waals surface area contributed by atoms with Gasteiger partial charge in [0, 0.05) is 29.9 Å². The predicted molar refractivity (Wildman–Crippen MR) is 105 cm³/mol.